The molecule has 7 aromatic rings. The molecular formula is C31H21N5. The number of benzene rings is 4. The SMILES string of the molecule is c1ccc(-c2nnc(-c3cccnc3)n2-c2ccc(-n3c4ccccc4c4ccccc43)cc2)cc1. The molecule has 36 heavy (non-hydrogen) atoms. The lowest BCUT2D eigenvalue weighted by Gasteiger charge is -2.13. The lowest BCUT2D eigenvalue weighted by Crippen LogP contribution is -2.01. The number of fused-ring (bicyclic) bond motifs is 3. The van der Waals surface area contributed by atoms with Crippen molar-refractivity contribution in [2.45, 2.75) is 0 Å². The number of aromatic nitrogens is 5. The molecule has 0 spiro atoms. The van der Waals surface area contributed by atoms with E-state index < -0.39 is 0 Å². The highest BCUT2D eigenvalue weighted by molar-refractivity contribution is 6.09. The van der Waals surface area contributed by atoms with E-state index >= 15 is 0 Å². The average Bonchev–Trinajstić information content (AvgIpc) is 3.54. The summed E-state index contributed by atoms with van der Waals surface area (Å²) in [7, 11) is 0. The van der Waals surface area contributed by atoms with Gasteiger partial charge in [-0.3, -0.25) is 9.55 Å². The molecule has 3 aromatic heterocycles. The van der Waals surface area contributed by atoms with E-state index in [-0.39, 0.29) is 0 Å². The van der Waals surface area contributed by atoms with Gasteiger partial charge >= 0.3 is 0 Å². The van der Waals surface area contributed by atoms with Crippen LogP contribution in [-0.2, 0) is 0 Å². The molecule has 0 aliphatic carbocycles. The molecule has 0 N–H and O–H groups in total. The molecule has 0 aliphatic rings. The first kappa shape index (κ1) is 20.4. The summed E-state index contributed by atoms with van der Waals surface area (Å²) in [4.78, 5) is 4.30. The highest BCUT2D eigenvalue weighted by atomic mass is 15.3. The van der Waals surface area contributed by atoms with E-state index in [0.29, 0.717) is 0 Å². The molecule has 4 aromatic carbocycles. The standard InChI is InChI=1S/C31H21N5/c1-2-9-22(10-3-1)30-33-34-31(23-11-8-20-32-21-23)36(30)25-18-16-24(17-19-25)35-28-14-6-4-12-26(28)27-13-5-7-15-29(27)35/h1-21H. The molecule has 0 saturated heterocycles. The lowest BCUT2D eigenvalue weighted by molar-refractivity contribution is 1.06. The van der Waals surface area contributed by atoms with E-state index in [1.807, 2.05) is 36.5 Å². The highest BCUT2D eigenvalue weighted by Gasteiger charge is 2.18. The van der Waals surface area contributed by atoms with E-state index in [1.54, 1.807) is 6.20 Å². The maximum Gasteiger partial charge on any atom is 0.170 e. The van der Waals surface area contributed by atoms with Crippen molar-refractivity contribution in [2.75, 3.05) is 0 Å². The van der Waals surface area contributed by atoms with Crippen molar-refractivity contribution in [2.24, 2.45) is 0 Å². The van der Waals surface area contributed by atoms with Crippen molar-refractivity contribution >= 4 is 21.8 Å². The molecule has 0 saturated carbocycles. The smallest absolute Gasteiger partial charge is 0.170 e. The van der Waals surface area contributed by atoms with Gasteiger partial charge in [0.15, 0.2) is 11.6 Å². The Morgan fingerprint density at radius 3 is 1.58 bits per heavy atom. The first-order valence-electron chi connectivity index (χ1n) is 11.9. The van der Waals surface area contributed by atoms with Gasteiger partial charge < -0.3 is 4.57 Å². The normalized spacial score (nSPS) is 11.3. The van der Waals surface area contributed by atoms with Crippen LogP contribution in [0.5, 0.6) is 0 Å². The topological polar surface area (TPSA) is 48.5 Å². The Morgan fingerprint density at radius 2 is 0.972 bits per heavy atom. The van der Waals surface area contributed by atoms with Crippen molar-refractivity contribution in [3.63, 3.8) is 0 Å². The van der Waals surface area contributed by atoms with Gasteiger partial charge in [-0.15, -0.1) is 10.2 Å². The lowest BCUT2D eigenvalue weighted by atomic mass is 10.2. The van der Waals surface area contributed by atoms with Crippen molar-refractivity contribution in [1.82, 2.24) is 24.3 Å². The second kappa shape index (κ2) is 8.32. The fourth-order valence-corrected chi connectivity index (χ4v) is 4.94. The molecule has 5 nitrogen and oxygen atoms in total. The molecule has 0 fully saturated rings. The predicted molar refractivity (Wildman–Crippen MR) is 144 cm³/mol. The van der Waals surface area contributed by atoms with E-state index in [2.05, 4.69) is 109 Å². The van der Waals surface area contributed by atoms with Gasteiger partial charge in [0.2, 0.25) is 0 Å². The van der Waals surface area contributed by atoms with Crippen molar-refractivity contribution < 1.29 is 0 Å². The molecule has 0 bridgehead atoms. The summed E-state index contributed by atoms with van der Waals surface area (Å²) in [5.41, 5.74) is 6.40. The first-order valence-corrected chi connectivity index (χ1v) is 11.9. The Bertz CT molecular complexity index is 1700. The number of para-hydroxylation sites is 2. The highest BCUT2D eigenvalue weighted by Crippen LogP contribution is 2.33. The predicted octanol–water partition coefficient (Wildman–Crippen LogP) is 7.09. The van der Waals surface area contributed by atoms with Gasteiger partial charge in [0.05, 0.1) is 11.0 Å². The van der Waals surface area contributed by atoms with Gasteiger partial charge in [-0.2, -0.15) is 0 Å². The van der Waals surface area contributed by atoms with Gasteiger partial charge in [-0.25, -0.2) is 0 Å². The molecule has 7 rings (SSSR count). The summed E-state index contributed by atoms with van der Waals surface area (Å²) >= 11 is 0. The summed E-state index contributed by atoms with van der Waals surface area (Å²) in [5, 5.41) is 11.6. The van der Waals surface area contributed by atoms with E-state index in [0.717, 1.165) is 34.2 Å². The fraction of sp³-hybridized carbons (Fsp3) is 0. The van der Waals surface area contributed by atoms with Crippen LogP contribution < -0.4 is 0 Å². The van der Waals surface area contributed by atoms with Crippen molar-refractivity contribution in [1.29, 1.82) is 0 Å². The molecule has 0 amide bonds. The zero-order chi connectivity index (χ0) is 23.9. The zero-order valence-electron chi connectivity index (χ0n) is 19.4. The third kappa shape index (κ3) is 3.21. The number of pyridine rings is 1. The molecule has 0 unspecified atom stereocenters. The summed E-state index contributed by atoms with van der Waals surface area (Å²) in [6.07, 6.45) is 3.59. The van der Waals surface area contributed by atoms with Crippen LogP contribution in [0.2, 0.25) is 0 Å². The van der Waals surface area contributed by atoms with Crippen LogP contribution in [0, 0.1) is 0 Å². The van der Waals surface area contributed by atoms with Crippen molar-refractivity contribution in [3.8, 4) is 34.2 Å². The number of hydrogen-bond donors (Lipinski definition) is 0. The molecular weight excluding hydrogens is 442 g/mol. The van der Waals surface area contributed by atoms with Crippen LogP contribution in [0.4, 0.5) is 0 Å². The fourth-order valence-electron chi connectivity index (χ4n) is 4.94. The summed E-state index contributed by atoms with van der Waals surface area (Å²) in [6, 6.07) is 39.8. The van der Waals surface area contributed by atoms with Crippen LogP contribution in [0.3, 0.4) is 0 Å². The van der Waals surface area contributed by atoms with Crippen LogP contribution in [0.15, 0.2) is 128 Å². The Balaban J connectivity index is 1.41. The van der Waals surface area contributed by atoms with Crippen LogP contribution in [-0.4, -0.2) is 24.3 Å². The molecule has 170 valence electrons. The van der Waals surface area contributed by atoms with Crippen LogP contribution in [0.1, 0.15) is 0 Å². The second-order valence-corrected chi connectivity index (χ2v) is 8.68. The molecule has 0 radical (unpaired) electrons. The van der Waals surface area contributed by atoms with Gasteiger partial charge in [0, 0.05) is 45.7 Å². The minimum absolute atomic E-state index is 0.756. The number of rotatable bonds is 4. The maximum absolute atomic E-state index is 4.57. The first-order chi connectivity index (χ1) is 17.9. The molecule has 0 atom stereocenters. The quantitative estimate of drug-likeness (QED) is 0.280. The summed E-state index contributed by atoms with van der Waals surface area (Å²) in [5.74, 6) is 1.55. The van der Waals surface area contributed by atoms with Crippen LogP contribution in [0.25, 0.3) is 56.0 Å². The Labute approximate surface area is 207 Å². The monoisotopic (exact) mass is 463 g/mol. The van der Waals surface area contributed by atoms with Gasteiger partial charge in [-0.05, 0) is 48.5 Å². The minimum atomic E-state index is 0.756. The second-order valence-electron chi connectivity index (χ2n) is 8.68. The maximum atomic E-state index is 4.57. The third-order valence-electron chi connectivity index (χ3n) is 6.56. The van der Waals surface area contributed by atoms with Crippen molar-refractivity contribution in [3.05, 3.63) is 128 Å². The molecule has 0 aliphatic heterocycles. The average molecular weight is 464 g/mol. The minimum Gasteiger partial charge on any atom is -0.309 e. The Kier molecular flexibility index (Phi) is 4.71. The van der Waals surface area contributed by atoms with E-state index in [1.165, 1.54) is 21.8 Å². The number of nitrogens with zero attached hydrogens (tertiary/aromatic N) is 5. The number of hydrogen-bond acceptors (Lipinski definition) is 3. The summed E-state index contributed by atoms with van der Waals surface area (Å²) in [6.45, 7) is 0. The van der Waals surface area contributed by atoms with E-state index in [9.17, 15) is 0 Å². The Morgan fingerprint density at radius 1 is 0.444 bits per heavy atom. The van der Waals surface area contributed by atoms with Gasteiger partial charge in [-0.1, -0.05) is 66.7 Å². The third-order valence-corrected chi connectivity index (χ3v) is 6.56. The zero-order valence-corrected chi connectivity index (χ0v) is 19.4. The van der Waals surface area contributed by atoms with Gasteiger partial charge in [0.25, 0.3) is 0 Å². The van der Waals surface area contributed by atoms with Gasteiger partial charge in [0.1, 0.15) is 0 Å². The summed E-state index contributed by atoms with van der Waals surface area (Å²) < 4.78 is 4.42. The van der Waals surface area contributed by atoms with E-state index in [4.69, 9.17) is 0 Å². The molecule has 5 heteroatoms. The van der Waals surface area contributed by atoms with Crippen LogP contribution >= 0.6 is 0 Å². The largest absolute Gasteiger partial charge is 0.309 e. The Hall–Kier alpha value is -5.03. The molecule has 3 heterocycles.